The van der Waals surface area contributed by atoms with Gasteiger partial charge in [-0.05, 0) is 31.0 Å². The molecule has 1 aromatic rings. The largest absolute Gasteiger partial charge is 0.478 e. The topological polar surface area (TPSA) is 89.7 Å². The van der Waals surface area contributed by atoms with Crippen molar-refractivity contribution in [1.29, 1.82) is 0 Å². The number of nitrogens with zero attached hydrogens (tertiary/aromatic N) is 1. The van der Waals surface area contributed by atoms with E-state index in [1.54, 1.807) is 19.1 Å². The van der Waals surface area contributed by atoms with Crippen molar-refractivity contribution in [3.63, 3.8) is 0 Å². The van der Waals surface area contributed by atoms with Gasteiger partial charge in [-0.15, -0.1) is 11.6 Å². The van der Waals surface area contributed by atoms with Gasteiger partial charge >= 0.3 is 0 Å². The standard InChI is InChI=1S/C16H19ClN2O4/c1-8(2)15-16(22)19(7-13(18)20)11-6-10(14(21)9(3)17)4-5-12(11)23-15/h4-6,8-9,15H,7H2,1-3H3,(H2,18,20). The number of amides is 2. The zero-order chi connectivity index (χ0) is 17.3. The van der Waals surface area contributed by atoms with Gasteiger partial charge in [0.2, 0.25) is 5.91 Å². The first-order valence-corrected chi connectivity index (χ1v) is 7.74. The number of rotatable bonds is 5. The van der Waals surface area contributed by atoms with Crippen molar-refractivity contribution in [2.24, 2.45) is 11.7 Å². The number of alkyl halides is 1. The summed E-state index contributed by atoms with van der Waals surface area (Å²) in [7, 11) is 0. The van der Waals surface area contributed by atoms with Gasteiger partial charge in [-0.2, -0.15) is 0 Å². The summed E-state index contributed by atoms with van der Waals surface area (Å²) in [6.07, 6.45) is -0.699. The molecule has 0 spiro atoms. The second kappa shape index (κ2) is 6.58. The predicted octanol–water partition coefficient (Wildman–Crippen LogP) is 1.73. The first-order chi connectivity index (χ1) is 10.7. The van der Waals surface area contributed by atoms with Gasteiger partial charge in [0.1, 0.15) is 12.3 Å². The van der Waals surface area contributed by atoms with Crippen molar-refractivity contribution >= 4 is 34.9 Å². The van der Waals surface area contributed by atoms with Gasteiger partial charge in [-0.3, -0.25) is 19.3 Å². The quantitative estimate of drug-likeness (QED) is 0.654. The molecule has 2 N–H and O–H groups in total. The number of hydrogen-bond donors (Lipinski definition) is 1. The number of nitrogens with two attached hydrogens (primary N) is 1. The molecule has 1 aromatic carbocycles. The number of halogens is 1. The summed E-state index contributed by atoms with van der Waals surface area (Å²) in [6.45, 7) is 5.00. The number of primary amides is 1. The van der Waals surface area contributed by atoms with Crippen LogP contribution in [0.25, 0.3) is 0 Å². The van der Waals surface area contributed by atoms with E-state index in [2.05, 4.69) is 0 Å². The van der Waals surface area contributed by atoms with Crippen molar-refractivity contribution in [2.75, 3.05) is 11.4 Å². The molecule has 2 rings (SSSR count). The third kappa shape index (κ3) is 3.47. The molecule has 0 fully saturated rings. The van der Waals surface area contributed by atoms with Gasteiger partial charge in [-0.1, -0.05) is 13.8 Å². The Balaban J connectivity index is 2.50. The molecule has 1 aliphatic heterocycles. The zero-order valence-electron chi connectivity index (χ0n) is 13.2. The average molecular weight is 339 g/mol. The number of ether oxygens (including phenoxy) is 1. The van der Waals surface area contributed by atoms with Crippen LogP contribution in [0.3, 0.4) is 0 Å². The molecular formula is C16H19ClN2O4. The van der Waals surface area contributed by atoms with Crippen LogP contribution in [-0.2, 0) is 9.59 Å². The van der Waals surface area contributed by atoms with E-state index in [9.17, 15) is 14.4 Å². The molecule has 1 aliphatic rings. The second-order valence-electron chi connectivity index (χ2n) is 5.84. The number of fused-ring (bicyclic) bond motifs is 1. The highest BCUT2D eigenvalue weighted by molar-refractivity contribution is 6.33. The van der Waals surface area contributed by atoms with Crippen LogP contribution >= 0.6 is 11.6 Å². The van der Waals surface area contributed by atoms with E-state index in [4.69, 9.17) is 22.1 Å². The molecule has 2 amide bonds. The van der Waals surface area contributed by atoms with Crippen LogP contribution in [0.5, 0.6) is 5.75 Å². The number of Topliss-reactive ketones (excluding diaryl/α,β-unsaturated/α-hetero) is 1. The van der Waals surface area contributed by atoms with Crippen molar-refractivity contribution in [3.05, 3.63) is 23.8 Å². The highest BCUT2D eigenvalue weighted by atomic mass is 35.5. The minimum atomic E-state index is -0.699. The Labute approximate surface area is 139 Å². The Bertz CT molecular complexity index is 657. The molecule has 0 saturated carbocycles. The molecule has 0 radical (unpaired) electrons. The molecule has 1 heterocycles. The van der Waals surface area contributed by atoms with E-state index in [1.165, 1.54) is 11.0 Å². The first-order valence-electron chi connectivity index (χ1n) is 7.31. The van der Waals surface area contributed by atoms with Crippen molar-refractivity contribution in [3.8, 4) is 5.75 Å². The van der Waals surface area contributed by atoms with Gasteiger partial charge in [0, 0.05) is 5.56 Å². The van der Waals surface area contributed by atoms with Crippen LogP contribution in [0.1, 0.15) is 31.1 Å². The van der Waals surface area contributed by atoms with Crippen LogP contribution in [0.2, 0.25) is 0 Å². The third-order valence-electron chi connectivity index (χ3n) is 3.58. The maximum atomic E-state index is 12.6. The Hall–Kier alpha value is -2.08. The van der Waals surface area contributed by atoms with Crippen molar-refractivity contribution < 1.29 is 19.1 Å². The van der Waals surface area contributed by atoms with Crippen LogP contribution in [-0.4, -0.2) is 35.6 Å². The van der Waals surface area contributed by atoms with E-state index in [0.717, 1.165) is 0 Å². The minimum absolute atomic E-state index is 0.0739. The summed E-state index contributed by atoms with van der Waals surface area (Å²) in [4.78, 5) is 37.2. The van der Waals surface area contributed by atoms with Gasteiger partial charge in [0.15, 0.2) is 11.9 Å². The molecule has 0 bridgehead atoms. The van der Waals surface area contributed by atoms with Gasteiger partial charge in [-0.25, -0.2) is 0 Å². The lowest BCUT2D eigenvalue weighted by atomic mass is 10.0. The number of hydrogen-bond acceptors (Lipinski definition) is 4. The summed E-state index contributed by atoms with van der Waals surface area (Å²) in [5, 5.41) is -0.693. The van der Waals surface area contributed by atoms with Crippen molar-refractivity contribution in [1.82, 2.24) is 0 Å². The Kier molecular flexibility index (Phi) is 4.94. The van der Waals surface area contributed by atoms with Gasteiger partial charge in [0.25, 0.3) is 5.91 Å². The van der Waals surface area contributed by atoms with Crippen LogP contribution in [0.15, 0.2) is 18.2 Å². The Morgan fingerprint density at radius 2 is 2.00 bits per heavy atom. The third-order valence-corrected chi connectivity index (χ3v) is 3.78. The fourth-order valence-electron chi connectivity index (χ4n) is 2.41. The van der Waals surface area contributed by atoms with Crippen LogP contribution in [0.4, 0.5) is 5.69 Å². The Morgan fingerprint density at radius 1 is 1.35 bits per heavy atom. The molecule has 6 nitrogen and oxygen atoms in total. The smallest absolute Gasteiger partial charge is 0.268 e. The molecular weight excluding hydrogens is 320 g/mol. The fourth-order valence-corrected chi connectivity index (χ4v) is 2.54. The first kappa shape index (κ1) is 17.3. The maximum Gasteiger partial charge on any atom is 0.268 e. The van der Waals surface area contributed by atoms with E-state index in [-0.39, 0.29) is 24.2 Å². The summed E-state index contributed by atoms with van der Waals surface area (Å²) in [6, 6.07) is 4.71. The van der Waals surface area contributed by atoms with E-state index < -0.39 is 17.4 Å². The summed E-state index contributed by atoms with van der Waals surface area (Å²) in [5.41, 5.74) is 5.95. The van der Waals surface area contributed by atoms with E-state index >= 15 is 0 Å². The summed E-state index contributed by atoms with van der Waals surface area (Å²) >= 11 is 5.82. The molecule has 124 valence electrons. The lowest BCUT2D eigenvalue weighted by molar-refractivity contribution is -0.129. The minimum Gasteiger partial charge on any atom is -0.478 e. The zero-order valence-corrected chi connectivity index (χ0v) is 14.0. The highest BCUT2D eigenvalue weighted by Gasteiger charge is 2.37. The highest BCUT2D eigenvalue weighted by Crippen LogP contribution is 2.36. The molecule has 0 saturated heterocycles. The molecule has 2 unspecified atom stereocenters. The Morgan fingerprint density at radius 3 is 2.52 bits per heavy atom. The van der Waals surface area contributed by atoms with Crippen LogP contribution in [0, 0.1) is 5.92 Å². The number of carbonyl (C=O) groups excluding carboxylic acids is 3. The summed E-state index contributed by atoms with van der Waals surface area (Å²) in [5.74, 6) is -0.906. The predicted molar refractivity (Wildman–Crippen MR) is 86.9 cm³/mol. The monoisotopic (exact) mass is 338 g/mol. The second-order valence-corrected chi connectivity index (χ2v) is 6.49. The molecule has 0 aliphatic carbocycles. The fraction of sp³-hybridized carbons (Fsp3) is 0.438. The molecule has 7 heteroatoms. The SMILES string of the molecule is CC(Cl)C(=O)c1ccc2c(c1)N(CC(N)=O)C(=O)C(C(C)C)O2. The molecule has 2 atom stereocenters. The molecule has 23 heavy (non-hydrogen) atoms. The molecule has 0 aromatic heterocycles. The lowest BCUT2D eigenvalue weighted by Crippen LogP contribution is -2.51. The number of benzene rings is 1. The number of anilines is 1. The number of carbonyl (C=O) groups is 3. The normalized spacial score (nSPS) is 18.4. The van der Waals surface area contributed by atoms with E-state index in [0.29, 0.717) is 17.0 Å². The average Bonchev–Trinajstić information content (AvgIpc) is 2.47. The van der Waals surface area contributed by atoms with Crippen LogP contribution < -0.4 is 15.4 Å². The van der Waals surface area contributed by atoms with Gasteiger partial charge in [0.05, 0.1) is 11.1 Å². The van der Waals surface area contributed by atoms with E-state index in [1.807, 2.05) is 13.8 Å². The van der Waals surface area contributed by atoms with Crippen molar-refractivity contribution in [2.45, 2.75) is 32.3 Å². The number of ketones is 1. The van der Waals surface area contributed by atoms with Gasteiger partial charge < -0.3 is 10.5 Å². The maximum absolute atomic E-state index is 12.6. The lowest BCUT2D eigenvalue weighted by Gasteiger charge is -2.35. The summed E-state index contributed by atoms with van der Waals surface area (Å²) < 4.78 is 5.73.